The largest absolute Gasteiger partial charge is 0.480 e. The lowest BCUT2D eigenvalue weighted by molar-refractivity contribution is -0.139. The van der Waals surface area contributed by atoms with E-state index < -0.39 is 12.0 Å². The number of benzene rings is 1. The molecule has 1 aliphatic rings. The molecule has 0 aliphatic carbocycles. The Hall–Kier alpha value is -1.88. The minimum atomic E-state index is -1.06. The van der Waals surface area contributed by atoms with Crippen LogP contribution >= 0.6 is 0 Å². The zero-order valence-electron chi connectivity index (χ0n) is 10.0. The van der Waals surface area contributed by atoms with Gasteiger partial charge in [0.15, 0.2) is 0 Å². The van der Waals surface area contributed by atoms with Gasteiger partial charge in [0.1, 0.15) is 6.04 Å². The SMILES string of the molecule is NC(CCC(=O)N1Cc2ccccc2C1)C(=O)O. The Morgan fingerprint density at radius 3 is 2.33 bits per heavy atom. The van der Waals surface area contributed by atoms with Gasteiger partial charge in [-0.25, -0.2) is 0 Å². The number of fused-ring (bicyclic) bond motifs is 1. The number of amides is 1. The van der Waals surface area contributed by atoms with Crippen molar-refractivity contribution < 1.29 is 14.7 Å². The molecule has 0 fully saturated rings. The molecule has 0 spiro atoms. The lowest BCUT2D eigenvalue weighted by Gasteiger charge is -2.16. The summed E-state index contributed by atoms with van der Waals surface area (Å²) < 4.78 is 0. The van der Waals surface area contributed by atoms with Gasteiger partial charge in [0.05, 0.1) is 0 Å². The predicted molar refractivity (Wildman–Crippen MR) is 65.5 cm³/mol. The van der Waals surface area contributed by atoms with E-state index in [9.17, 15) is 9.59 Å². The molecule has 18 heavy (non-hydrogen) atoms. The molecule has 0 aromatic heterocycles. The quantitative estimate of drug-likeness (QED) is 0.822. The highest BCUT2D eigenvalue weighted by atomic mass is 16.4. The molecule has 1 amide bonds. The topological polar surface area (TPSA) is 83.6 Å². The first-order valence-corrected chi connectivity index (χ1v) is 5.91. The van der Waals surface area contributed by atoms with E-state index in [2.05, 4.69) is 0 Å². The average Bonchev–Trinajstić information content (AvgIpc) is 2.79. The highest BCUT2D eigenvalue weighted by molar-refractivity contribution is 5.79. The Morgan fingerprint density at radius 1 is 1.28 bits per heavy atom. The summed E-state index contributed by atoms with van der Waals surface area (Å²) in [4.78, 5) is 24.2. The number of rotatable bonds is 4. The second-order valence-corrected chi connectivity index (χ2v) is 4.50. The van der Waals surface area contributed by atoms with Crippen molar-refractivity contribution in [2.24, 2.45) is 5.73 Å². The van der Waals surface area contributed by atoms with E-state index in [4.69, 9.17) is 10.8 Å². The molecule has 1 aromatic rings. The fourth-order valence-corrected chi connectivity index (χ4v) is 2.07. The molecule has 0 radical (unpaired) electrons. The van der Waals surface area contributed by atoms with E-state index in [1.807, 2.05) is 24.3 Å². The van der Waals surface area contributed by atoms with Crippen LogP contribution in [-0.2, 0) is 22.7 Å². The van der Waals surface area contributed by atoms with Gasteiger partial charge in [-0.1, -0.05) is 24.3 Å². The summed E-state index contributed by atoms with van der Waals surface area (Å²) in [6.07, 6.45) is 0.364. The molecule has 5 heteroatoms. The lowest BCUT2D eigenvalue weighted by atomic mass is 10.1. The summed E-state index contributed by atoms with van der Waals surface area (Å²) in [5.41, 5.74) is 7.70. The van der Waals surface area contributed by atoms with E-state index in [0.29, 0.717) is 13.1 Å². The number of nitrogens with zero attached hydrogens (tertiary/aromatic N) is 1. The standard InChI is InChI=1S/C13H16N2O3/c14-11(13(17)18)5-6-12(16)15-7-9-3-1-2-4-10(9)8-15/h1-4,11H,5-8,14H2,(H,17,18). The molecule has 3 N–H and O–H groups in total. The minimum absolute atomic E-state index is 0.0390. The van der Waals surface area contributed by atoms with Gasteiger partial charge in [0.25, 0.3) is 0 Å². The smallest absolute Gasteiger partial charge is 0.320 e. The second kappa shape index (κ2) is 5.18. The maximum Gasteiger partial charge on any atom is 0.320 e. The average molecular weight is 248 g/mol. The van der Waals surface area contributed by atoms with Crippen LogP contribution in [0.25, 0.3) is 0 Å². The second-order valence-electron chi connectivity index (χ2n) is 4.50. The zero-order chi connectivity index (χ0) is 13.1. The zero-order valence-corrected chi connectivity index (χ0v) is 10.0. The predicted octanol–water partition coefficient (Wildman–Crippen LogP) is 0.721. The third-order valence-corrected chi connectivity index (χ3v) is 3.18. The van der Waals surface area contributed by atoms with Crippen LogP contribution in [0.2, 0.25) is 0 Å². The molecule has 1 aromatic carbocycles. The Kier molecular flexibility index (Phi) is 3.62. The Bertz CT molecular complexity index is 448. The van der Waals surface area contributed by atoms with Crippen LogP contribution in [-0.4, -0.2) is 27.9 Å². The van der Waals surface area contributed by atoms with Crippen LogP contribution in [0.15, 0.2) is 24.3 Å². The molecule has 0 bridgehead atoms. The fraction of sp³-hybridized carbons (Fsp3) is 0.385. The molecule has 1 heterocycles. The lowest BCUT2D eigenvalue weighted by Crippen LogP contribution is -2.33. The third-order valence-electron chi connectivity index (χ3n) is 3.18. The van der Waals surface area contributed by atoms with Crippen LogP contribution in [0.4, 0.5) is 0 Å². The maximum atomic E-state index is 11.9. The summed E-state index contributed by atoms with van der Waals surface area (Å²) in [6, 6.07) is 6.95. The van der Waals surface area contributed by atoms with Crippen molar-refractivity contribution in [3.05, 3.63) is 35.4 Å². The van der Waals surface area contributed by atoms with Crippen LogP contribution in [0.1, 0.15) is 24.0 Å². The van der Waals surface area contributed by atoms with Gasteiger partial charge in [-0.05, 0) is 17.5 Å². The summed E-state index contributed by atoms with van der Waals surface area (Å²) in [7, 11) is 0. The van der Waals surface area contributed by atoms with Crippen LogP contribution in [0, 0.1) is 0 Å². The summed E-state index contributed by atoms with van der Waals surface area (Å²) in [5.74, 6) is -1.10. The van der Waals surface area contributed by atoms with Crippen molar-refractivity contribution in [1.29, 1.82) is 0 Å². The van der Waals surface area contributed by atoms with Crippen LogP contribution in [0.5, 0.6) is 0 Å². The molecular weight excluding hydrogens is 232 g/mol. The summed E-state index contributed by atoms with van der Waals surface area (Å²) in [5, 5.41) is 8.65. The van der Waals surface area contributed by atoms with Gasteiger partial charge in [-0.2, -0.15) is 0 Å². The normalized spacial score (nSPS) is 15.3. The molecule has 1 unspecified atom stereocenters. The Labute approximate surface area is 105 Å². The number of carboxylic acid groups (broad SMARTS) is 1. The summed E-state index contributed by atoms with van der Waals surface area (Å²) in [6.45, 7) is 1.22. The van der Waals surface area contributed by atoms with Gasteiger partial charge in [-0.3, -0.25) is 9.59 Å². The number of hydrogen-bond donors (Lipinski definition) is 2. The Morgan fingerprint density at radius 2 is 1.83 bits per heavy atom. The molecule has 1 atom stereocenters. The van der Waals surface area contributed by atoms with Crippen molar-refractivity contribution in [3.63, 3.8) is 0 Å². The molecule has 0 saturated heterocycles. The number of hydrogen-bond acceptors (Lipinski definition) is 3. The van der Waals surface area contributed by atoms with Crippen molar-refractivity contribution in [3.8, 4) is 0 Å². The summed E-state index contributed by atoms with van der Waals surface area (Å²) >= 11 is 0. The van der Waals surface area contributed by atoms with E-state index in [-0.39, 0.29) is 18.7 Å². The first-order chi connectivity index (χ1) is 8.58. The van der Waals surface area contributed by atoms with Crippen molar-refractivity contribution in [1.82, 2.24) is 4.90 Å². The van der Waals surface area contributed by atoms with E-state index in [1.165, 1.54) is 0 Å². The molecule has 0 saturated carbocycles. The monoisotopic (exact) mass is 248 g/mol. The van der Waals surface area contributed by atoms with Crippen molar-refractivity contribution in [2.45, 2.75) is 32.0 Å². The van der Waals surface area contributed by atoms with Crippen LogP contribution < -0.4 is 5.73 Å². The molecule has 96 valence electrons. The van der Waals surface area contributed by atoms with E-state index >= 15 is 0 Å². The van der Waals surface area contributed by atoms with Crippen LogP contribution in [0.3, 0.4) is 0 Å². The number of nitrogens with two attached hydrogens (primary N) is 1. The number of aliphatic carboxylic acids is 1. The van der Waals surface area contributed by atoms with Gasteiger partial charge < -0.3 is 15.7 Å². The van der Waals surface area contributed by atoms with Gasteiger partial charge in [0, 0.05) is 19.5 Å². The number of carbonyl (C=O) groups excluding carboxylic acids is 1. The first-order valence-electron chi connectivity index (χ1n) is 5.91. The van der Waals surface area contributed by atoms with Crippen molar-refractivity contribution >= 4 is 11.9 Å². The van der Waals surface area contributed by atoms with Gasteiger partial charge >= 0.3 is 5.97 Å². The Balaban J connectivity index is 1.88. The van der Waals surface area contributed by atoms with Crippen molar-refractivity contribution in [2.75, 3.05) is 0 Å². The van der Waals surface area contributed by atoms with E-state index in [1.54, 1.807) is 4.90 Å². The number of carboxylic acids is 1. The highest BCUT2D eigenvalue weighted by Crippen LogP contribution is 2.22. The maximum absolute atomic E-state index is 11.9. The van der Waals surface area contributed by atoms with Gasteiger partial charge in [0.2, 0.25) is 5.91 Å². The molecule has 1 aliphatic heterocycles. The molecular formula is C13H16N2O3. The highest BCUT2D eigenvalue weighted by Gasteiger charge is 2.23. The first kappa shape index (κ1) is 12.6. The van der Waals surface area contributed by atoms with Gasteiger partial charge in [-0.15, -0.1) is 0 Å². The third kappa shape index (κ3) is 2.68. The van der Waals surface area contributed by atoms with E-state index in [0.717, 1.165) is 11.1 Å². The fourth-order valence-electron chi connectivity index (χ4n) is 2.07. The molecule has 2 rings (SSSR count). The molecule has 5 nitrogen and oxygen atoms in total. The minimum Gasteiger partial charge on any atom is -0.480 e. The number of carbonyl (C=O) groups is 2.